The molecule has 6 nitrogen and oxygen atoms in total. The Balaban J connectivity index is 0.00000480. The van der Waals surface area contributed by atoms with Gasteiger partial charge in [0.25, 0.3) is 6.33 Å². The molecule has 0 saturated carbocycles. The van der Waals surface area contributed by atoms with Crippen molar-refractivity contribution >= 4 is 32.8 Å². The molecule has 0 atom stereocenters. The molecule has 282 valence electrons. The number of imidazole rings is 1. The third-order valence-corrected chi connectivity index (χ3v) is 10.4. The molecule has 8 aromatic rings. The number of nitrogens with zero attached hydrogens (tertiary/aromatic N) is 5. The summed E-state index contributed by atoms with van der Waals surface area (Å²) in [5, 5.41) is 2.21. The number of rotatable bonds is 8. The molecular formula is C48H47N5OPt-2. The van der Waals surface area contributed by atoms with Crippen LogP contribution in [0.15, 0.2) is 109 Å². The number of ether oxygens (including phenoxy) is 1. The van der Waals surface area contributed by atoms with E-state index in [0.717, 1.165) is 62.7 Å². The average molecular weight is 906 g/mol. The number of aromatic nitrogens is 5. The molecule has 0 radical (unpaired) electrons. The van der Waals surface area contributed by atoms with Crippen LogP contribution in [0, 0.1) is 18.5 Å². The van der Waals surface area contributed by atoms with E-state index >= 15 is 0 Å². The Bertz CT molecular complexity index is 2710. The van der Waals surface area contributed by atoms with E-state index in [1.807, 2.05) is 45.7 Å². The summed E-state index contributed by atoms with van der Waals surface area (Å²) in [6.45, 7) is 17.5. The van der Waals surface area contributed by atoms with Gasteiger partial charge in [-0.2, -0.15) is 18.2 Å². The van der Waals surface area contributed by atoms with Crippen molar-refractivity contribution < 1.29 is 31.7 Å². The maximum atomic E-state index is 9.07. The van der Waals surface area contributed by atoms with E-state index in [9.17, 15) is 0 Å². The molecule has 0 fully saturated rings. The van der Waals surface area contributed by atoms with Crippen LogP contribution in [0.4, 0.5) is 0 Å². The van der Waals surface area contributed by atoms with Crippen molar-refractivity contribution in [2.24, 2.45) is 0 Å². The van der Waals surface area contributed by atoms with Gasteiger partial charge in [-0.1, -0.05) is 116 Å². The molecule has 0 aliphatic rings. The maximum Gasteiger partial charge on any atom is 0.269 e. The summed E-state index contributed by atoms with van der Waals surface area (Å²) in [6.07, 6.45) is 8.63. The van der Waals surface area contributed by atoms with Gasteiger partial charge in [-0.3, -0.25) is 14.1 Å². The Hall–Kier alpha value is -5.06. The summed E-state index contributed by atoms with van der Waals surface area (Å²) in [4.78, 5) is 9.60. The number of hydrogen-bond donors (Lipinski definition) is 0. The average Bonchev–Trinajstić information content (AvgIpc) is 3.73. The van der Waals surface area contributed by atoms with Gasteiger partial charge in [0.1, 0.15) is 5.82 Å². The van der Waals surface area contributed by atoms with Crippen LogP contribution in [0.3, 0.4) is 0 Å². The zero-order chi connectivity index (χ0) is 38.7. The van der Waals surface area contributed by atoms with E-state index in [-0.39, 0.29) is 31.9 Å². The van der Waals surface area contributed by atoms with Crippen molar-refractivity contribution in [3.05, 3.63) is 145 Å². The molecular weight excluding hydrogens is 858 g/mol. The van der Waals surface area contributed by atoms with E-state index in [1.165, 1.54) is 11.1 Å². The van der Waals surface area contributed by atoms with Gasteiger partial charge in [-0.05, 0) is 87.7 Å². The first-order valence-corrected chi connectivity index (χ1v) is 18.9. The Labute approximate surface area is 340 Å². The first-order chi connectivity index (χ1) is 26.3. The van der Waals surface area contributed by atoms with Gasteiger partial charge >= 0.3 is 0 Å². The van der Waals surface area contributed by atoms with E-state index in [4.69, 9.17) is 16.1 Å². The smallest absolute Gasteiger partial charge is 0.269 e. The van der Waals surface area contributed by atoms with Crippen molar-refractivity contribution in [1.82, 2.24) is 19.1 Å². The first kappa shape index (κ1) is 36.9. The quantitative estimate of drug-likeness (QED) is 0.113. The molecule has 0 bridgehead atoms. The fraction of sp³-hybridized carbons (Fsp3) is 0.271. The molecule has 0 saturated heterocycles. The Kier molecular flexibility index (Phi) is 9.98. The molecule has 4 aromatic heterocycles. The van der Waals surface area contributed by atoms with Crippen LogP contribution in [-0.2, 0) is 31.9 Å². The predicted octanol–water partition coefficient (Wildman–Crippen LogP) is 11.5. The van der Waals surface area contributed by atoms with Gasteiger partial charge in [0.2, 0.25) is 0 Å². The zero-order valence-electron chi connectivity index (χ0n) is 33.8. The van der Waals surface area contributed by atoms with Crippen LogP contribution in [0.2, 0.25) is 0 Å². The summed E-state index contributed by atoms with van der Waals surface area (Å²) >= 11 is 0. The molecule has 0 spiro atoms. The van der Waals surface area contributed by atoms with Gasteiger partial charge in [0, 0.05) is 39.9 Å². The molecule has 0 aliphatic heterocycles. The van der Waals surface area contributed by atoms with Crippen LogP contribution in [0.1, 0.15) is 92.2 Å². The van der Waals surface area contributed by atoms with E-state index < -0.39 is 5.89 Å². The Morgan fingerprint density at radius 2 is 1.44 bits per heavy atom. The molecule has 4 heterocycles. The molecule has 4 aromatic carbocycles. The monoisotopic (exact) mass is 905 g/mol. The molecule has 0 amide bonds. The summed E-state index contributed by atoms with van der Waals surface area (Å²) in [6, 6.07) is 40.3. The van der Waals surface area contributed by atoms with Crippen LogP contribution < -0.4 is 9.30 Å². The molecule has 8 rings (SSSR count). The number of benzene rings is 4. The second-order valence-corrected chi connectivity index (χ2v) is 16.0. The maximum absolute atomic E-state index is 9.07. The standard InChI is InChI=1S/C48H47N5O.Pt/c1-9-32(10-2)33-14-13-15-36(26-33)51-31-52(42-17-12-11-16-41(42)51)45-30-38(23-25-49-45)54-37-19-21-40-39-20-18-34(47(3,4)5)27-43(39)53(44(40)29-37)46-28-35(22-24-50-46)48(6,7)8;/h11-28,32H,9-10H2,1-8H3;/q-2;/i32D;. The number of para-hydroxylation sites is 2. The summed E-state index contributed by atoms with van der Waals surface area (Å²) < 4.78 is 21.8. The number of pyridine rings is 2. The second kappa shape index (κ2) is 14.9. The Morgan fingerprint density at radius 1 is 0.727 bits per heavy atom. The van der Waals surface area contributed by atoms with Crippen molar-refractivity contribution in [2.75, 3.05) is 0 Å². The minimum absolute atomic E-state index is 0. The summed E-state index contributed by atoms with van der Waals surface area (Å²) in [5.41, 5.74) is 8.20. The largest absolute Gasteiger partial charge is 0.522 e. The molecule has 55 heavy (non-hydrogen) atoms. The topological polar surface area (TPSA) is 48.8 Å². The zero-order valence-corrected chi connectivity index (χ0v) is 35.0. The molecule has 0 N–H and O–H groups in total. The molecule has 0 unspecified atom stereocenters. The van der Waals surface area contributed by atoms with Crippen LogP contribution in [0.25, 0.3) is 50.2 Å². The van der Waals surface area contributed by atoms with Crippen LogP contribution in [0.5, 0.6) is 11.5 Å². The summed E-state index contributed by atoms with van der Waals surface area (Å²) in [5.74, 6) is 1.82. The van der Waals surface area contributed by atoms with Crippen molar-refractivity contribution in [3.63, 3.8) is 0 Å². The SMILES string of the molecule is [2H]C(CC)(CC)c1cccc(-[n+]2[c-]n(-c3[c-]c(Oc4[c-]c5c(cc4)c4ccc(C(C)(C)C)cc4n5-c4cc(C(C)(C)C)ccn4)ccn3)c3ccccc32)c1.[Pt]. The van der Waals surface area contributed by atoms with E-state index in [0.29, 0.717) is 17.3 Å². The van der Waals surface area contributed by atoms with Gasteiger partial charge in [-0.15, -0.1) is 17.5 Å². The van der Waals surface area contributed by atoms with Gasteiger partial charge in [-0.25, -0.2) is 4.98 Å². The third-order valence-electron chi connectivity index (χ3n) is 10.4. The summed E-state index contributed by atoms with van der Waals surface area (Å²) in [7, 11) is 0. The van der Waals surface area contributed by atoms with Crippen molar-refractivity contribution in [1.29, 1.82) is 0 Å². The van der Waals surface area contributed by atoms with Crippen molar-refractivity contribution in [3.8, 4) is 28.8 Å². The van der Waals surface area contributed by atoms with E-state index in [2.05, 4.69) is 145 Å². The van der Waals surface area contributed by atoms with Gasteiger partial charge in [0.15, 0.2) is 0 Å². The minimum Gasteiger partial charge on any atom is -0.522 e. The minimum atomic E-state index is -0.646. The second-order valence-electron chi connectivity index (χ2n) is 16.0. The third kappa shape index (κ3) is 7.25. The van der Waals surface area contributed by atoms with Gasteiger partial charge in [0.05, 0.1) is 22.5 Å². The Morgan fingerprint density at radius 3 is 2.20 bits per heavy atom. The van der Waals surface area contributed by atoms with Crippen LogP contribution >= 0.6 is 0 Å². The molecule has 7 heteroatoms. The van der Waals surface area contributed by atoms with E-state index in [1.54, 1.807) is 6.20 Å². The molecule has 0 aliphatic carbocycles. The number of hydrogen-bond acceptors (Lipinski definition) is 3. The van der Waals surface area contributed by atoms with Crippen LogP contribution in [-0.4, -0.2) is 19.1 Å². The normalized spacial score (nSPS) is 12.6. The fourth-order valence-electron chi connectivity index (χ4n) is 7.28. The van der Waals surface area contributed by atoms with Crippen molar-refractivity contribution in [2.45, 2.75) is 85.0 Å². The predicted molar refractivity (Wildman–Crippen MR) is 218 cm³/mol. The van der Waals surface area contributed by atoms with Gasteiger partial charge < -0.3 is 9.30 Å². The fourth-order valence-corrected chi connectivity index (χ4v) is 7.28. The first-order valence-electron chi connectivity index (χ1n) is 19.4. The number of fused-ring (bicyclic) bond motifs is 4.